The zero-order chi connectivity index (χ0) is 20.9. The summed E-state index contributed by atoms with van der Waals surface area (Å²) in [6.45, 7) is 0.310. The van der Waals surface area contributed by atoms with Gasteiger partial charge in [0.15, 0.2) is 0 Å². The molecule has 3 aromatic rings. The minimum atomic E-state index is -3.83. The van der Waals surface area contributed by atoms with Crippen LogP contribution in [0.1, 0.15) is 15.9 Å². The maximum atomic E-state index is 12.6. The lowest BCUT2D eigenvalue weighted by molar-refractivity contribution is 0.0954. The Labute approximate surface area is 177 Å². The third kappa shape index (κ3) is 5.58. The molecule has 0 aromatic heterocycles. The molecule has 0 bridgehead atoms. The molecule has 3 aromatic carbocycles. The highest BCUT2D eigenvalue weighted by Gasteiger charge is 2.16. The van der Waals surface area contributed by atoms with E-state index in [4.69, 9.17) is 0 Å². The van der Waals surface area contributed by atoms with Crippen LogP contribution in [0.4, 0.5) is 5.69 Å². The number of carbonyl (C=O) groups excluding carboxylic acids is 1. The summed E-state index contributed by atoms with van der Waals surface area (Å²) in [6.07, 6.45) is 0.460. The summed E-state index contributed by atoms with van der Waals surface area (Å²) in [5.41, 5.74) is 1.38. The fourth-order valence-corrected chi connectivity index (χ4v) is 4.04. The number of hydrogen-bond acceptors (Lipinski definition) is 4. The predicted octanol–water partition coefficient (Wildman–Crippen LogP) is 3.93. The van der Waals surface area contributed by atoms with Crippen LogP contribution in [0.15, 0.2) is 82.2 Å². The number of benzene rings is 3. The molecule has 150 valence electrons. The molecule has 0 atom stereocenters. The third-order valence-corrected chi connectivity index (χ3v) is 6.08. The van der Waals surface area contributed by atoms with Crippen LogP contribution in [-0.2, 0) is 16.4 Å². The van der Waals surface area contributed by atoms with Crippen molar-refractivity contribution in [3.63, 3.8) is 0 Å². The number of phenolic OH excluding ortho intramolecular Hbond substituents is 1. The smallest absolute Gasteiger partial charge is 0.261 e. The van der Waals surface area contributed by atoms with E-state index in [2.05, 4.69) is 26.0 Å². The first-order chi connectivity index (χ1) is 13.8. The highest BCUT2D eigenvalue weighted by molar-refractivity contribution is 9.10. The van der Waals surface area contributed by atoms with Crippen LogP contribution < -0.4 is 10.0 Å². The van der Waals surface area contributed by atoms with Crippen LogP contribution in [0.5, 0.6) is 5.75 Å². The van der Waals surface area contributed by atoms with E-state index >= 15 is 0 Å². The Morgan fingerprint density at radius 3 is 2.41 bits per heavy atom. The van der Waals surface area contributed by atoms with Gasteiger partial charge in [-0.05, 0) is 60.5 Å². The Morgan fingerprint density at radius 2 is 1.69 bits per heavy atom. The first-order valence-corrected chi connectivity index (χ1v) is 11.1. The number of phenols is 1. The summed E-state index contributed by atoms with van der Waals surface area (Å²) >= 11 is 3.30. The largest absolute Gasteiger partial charge is 0.508 e. The van der Waals surface area contributed by atoms with E-state index in [9.17, 15) is 18.3 Å². The standard InChI is InChI=1S/C21H19BrN2O4S/c22-17-8-10-18(11-9-17)24-29(27,28)19-6-3-5-16(14-19)21(26)23-13-12-15-4-1-2-7-20(15)25/h1-11,14,24-25H,12-13H2,(H,23,26). The molecule has 0 fully saturated rings. The molecule has 0 saturated heterocycles. The topological polar surface area (TPSA) is 95.5 Å². The van der Waals surface area contributed by atoms with Gasteiger partial charge in [-0.15, -0.1) is 0 Å². The molecular weight excluding hydrogens is 456 g/mol. The average Bonchev–Trinajstić information content (AvgIpc) is 2.71. The second-order valence-corrected chi connectivity index (χ2v) is 8.87. The minimum absolute atomic E-state index is 0.00577. The number of anilines is 1. The molecule has 0 aliphatic carbocycles. The number of hydrogen-bond donors (Lipinski definition) is 3. The van der Waals surface area contributed by atoms with Crippen molar-refractivity contribution in [1.29, 1.82) is 0 Å². The lowest BCUT2D eigenvalue weighted by atomic mass is 10.1. The summed E-state index contributed by atoms with van der Waals surface area (Å²) in [5.74, 6) is -0.213. The van der Waals surface area contributed by atoms with E-state index in [1.165, 1.54) is 18.2 Å². The molecule has 0 heterocycles. The third-order valence-electron chi connectivity index (χ3n) is 4.17. The maximum Gasteiger partial charge on any atom is 0.261 e. The van der Waals surface area contributed by atoms with Gasteiger partial charge in [-0.1, -0.05) is 40.2 Å². The summed E-state index contributed by atoms with van der Waals surface area (Å²) < 4.78 is 28.6. The van der Waals surface area contributed by atoms with Gasteiger partial charge in [0, 0.05) is 22.3 Å². The number of nitrogens with one attached hydrogen (secondary N) is 2. The van der Waals surface area contributed by atoms with Crippen LogP contribution in [0.2, 0.25) is 0 Å². The van der Waals surface area contributed by atoms with Gasteiger partial charge in [0.05, 0.1) is 4.90 Å². The molecule has 0 aliphatic heterocycles. The Bertz CT molecular complexity index is 1120. The number of rotatable bonds is 7. The number of amides is 1. The molecule has 3 N–H and O–H groups in total. The SMILES string of the molecule is O=C(NCCc1ccccc1O)c1cccc(S(=O)(=O)Nc2ccc(Br)cc2)c1. The Morgan fingerprint density at radius 1 is 0.966 bits per heavy atom. The average molecular weight is 475 g/mol. The zero-order valence-electron chi connectivity index (χ0n) is 15.3. The van der Waals surface area contributed by atoms with Crippen molar-refractivity contribution in [3.05, 3.63) is 88.4 Å². The Hall–Kier alpha value is -2.84. The van der Waals surface area contributed by atoms with Crippen molar-refractivity contribution < 1.29 is 18.3 Å². The van der Waals surface area contributed by atoms with E-state index in [-0.39, 0.29) is 22.1 Å². The van der Waals surface area contributed by atoms with Crippen molar-refractivity contribution in [1.82, 2.24) is 5.32 Å². The van der Waals surface area contributed by atoms with Gasteiger partial charge in [-0.2, -0.15) is 0 Å². The number of para-hydroxylation sites is 1. The van der Waals surface area contributed by atoms with Crippen molar-refractivity contribution in [2.45, 2.75) is 11.3 Å². The highest BCUT2D eigenvalue weighted by atomic mass is 79.9. The van der Waals surface area contributed by atoms with Gasteiger partial charge in [-0.3, -0.25) is 9.52 Å². The molecular formula is C21H19BrN2O4S. The summed E-state index contributed by atoms with van der Waals surface area (Å²) in [4.78, 5) is 12.4. The fraction of sp³-hybridized carbons (Fsp3) is 0.0952. The summed E-state index contributed by atoms with van der Waals surface area (Å²) in [5, 5.41) is 12.5. The first kappa shape index (κ1) is 20.9. The number of halogens is 1. The molecule has 0 spiro atoms. The summed E-state index contributed by atoms with van der Waals surface area (Å²) in [7, 11) is -3.83. The fourth-order valence-electron chi connectivity index (χ4n) is 2.67. The molecule has 1 amide bonds. The second kappa shape index (κ2) is 9.11. The summed E-state index contributed by atoms with van der Waals surface area (Å²) in [6, 6.07) is 19.5. The number of aromatic hydroxyl groups is 1. The van der Waals surface area contributed by atoms with Crippen molar-refractivity contribution in [2.75, 3.05) is 11.3 Å². The molecule has 29 heavy (non-hydrogen) atoms. The Balaban J connectivity index is 1.67. The molecule has 0 radical (unpaired) electrons. The number of carbonyl (C=O) groups is 1. The maximum absolute atomic E-state index is 12.6. The van der Waals surface area contributed by atoms with E-state index in [0.29, 0.717) is 18.7 Å². The van der Waals surface area contributed by atoms with Crippen LogP contribution >= 0.6 is 15.9 Å². The molecule has 0 aliphatic rings. The Kier molecular flexibility index (Phi) is 6.56. The number of sulfonamides is 1. The lowest BCUT2D eigenvalue weighted by Gasteiger charge is -2.10. The van der Waals surface area contributed by atoms with Crippen LogP contribution in [0, 0.1) is 0 Å². The highest BCUT2D eigenvalue weighted by Crippen LogP contribution is 2.20. The van der Waals surface area contributed by atoms with Crippen LogP contribution in [0.25, 0.3) is 0 Å². The van der Waals surface area contributed by atoms with Gasteiger partial charge in [-0.25, -0.2) is 8.42 Å². The van der Waals surface area contributed by atoms with Gasteiger partial charge in [0.25, 0.3) is 15.9 Å². The molecule has 6 nitrogen and oxygen atoms in total. The molecule has 0 unspecified atom stereocenters. The molecule has 3 rings (SSSR count). The van der Waals surface area contributed by atoms with E-state index in [1.807, 2.05) is 6.07 Å². The van der Waals surface area contributed by atoms with Gasteiger partial charge in [0.1, 0.15) is 5.75 Å². The van der Waals surface area contributed by atoms with E-state index < -0.39 is 10.0 Å². The zero-order valence-corrected chi connectivity index (χ0v) is 17.7. The molecule has 8 heteroatoms. The first-order valence-electron chi connectivity index (χ1n) is 8.79. The second-order valence-electron chi connectivity index (χ2n) is 6.27. The lowest BCUT2D eigenvalue weighted by Crippen LogP contribution is -2.26. The van der Waals surface area contributed by atoms with Gasteiger partial charge < -0.3 is 10.4 Å². The minimum Gasteiger partial charge on any atom is -0.508 e. The van der Waals surface area contributed by atoms with E-state index in [1.54, 1.807) is 48.5 Å². The van der Waals surface area contributed by atoms with Crippen LogP contribution in [-0.4, -0.2) is 26.0 Å². The van der Waals surface area contributed by atoms with Gasteiger partial charge in [0.2, 0.25) is 0 Å². The monoisotopic (exact) mass is 474 g/mol. The van der Waals surface area contributed by atoms with E-state index in [0.717, 1.165) is 10.0 Å². The molecule has 0 saturated carbocycles. The normalized spacial score (nSPS) is 11.1. The quantitative estimate of drug-likeness (QED) is 0.483. The van der Waals surface area contributed by atoms with Crippen molar-refractivity contribution in [3.8, 4) is 5.75 Å². The van der Waals surface area contributed by atoms with Gasteiger partial charge >= 0.3 is 0 Å². The van der Waals surface area contributed by atoms with Crippen molar-refractivity contribution in [2.24, 2.45) is 0 Å². The predicted molar refractivity (Wildman–Crippen MR) is 116 cm³/mol. The van der Waals surface area contributed by atoms with Crippen LogP contribution in [0.3, 0.4) is 0 Å². The van der Waals surface area contributed by atoms with Crippen molar-refractivity contribution >= 4 is 37.5 Å².